The second-order valence-electron chi connectivity index (χ2n) is 5.26. The number of hydrogen-bond acceptors (Lipinski definition) is 4. The van der Waals surface area contributed by atoms with E-state index in [1.54, 1.807) is 22.0 Å². The molecule has 3 aromatic rings. The van der Waals surface area contributed by atoms with Crippen molar-refractivity contribution in [2.24, 2.45) is 0 Å². The van der Waals surface area contributed by atoms with Crippen molar-refractivity contribution < 1.29 is 4.79 Å². The van der Waals surface area contributed by atoms with Crippen LogP contribution in [0.2, 0.25) is 5.02 Å². The number of hydrogen-bond donors (Lipinski definition) is 2. The Morgan fingerprint density at radius 3 is 3.00 bits per heavy atom. The number of H-pyrrole nitrogens is 1. The number of carbonyl (C=O) groups is 1. The molecule has 0 spiro atoms. The zero-order valence-corrected chi connectivity index (χ0v) is 15.2. The Morgan fingerprint density at radius 2 is 2.29 bits per heavy atom. The molecule has 1 atom stereocenters. The van der Waals surface area contributed by atoms with Gasteiger partial charge in [0, 0.05) is 5.02 Å². The van der Waals surface area contributed by atoms with E-state index < -0.39 is 0 Å². The number of nitrogens with zero attached hydrogens (tertiary/aromatic N) is 2. The van der Waals surface area contributed by atoms with Crippen LogP contribution in [0.15, 0.2) is 41.8 Å². The molecule has 0 aliphatic heterocycles. The second kappa shape index (κ2) is 7.29. The summed E-state index contributed by atoms with van der Waals surface area (Å²) in [6.07, 6.45) is 0. The van der Waals surface area contributed by atoms with Crippen LogP contribution in [0.3, 0.4) is 0 Å². The number of benzene rings is 1. The molecule has 0 fully saturated rings. The molecule has 1 amide bonds. The summed E-state index contributed by atoms with van der Waals surface area (Å²) in [5.74, 6) is 0.526. The molecule has 0 bridgehead atoms. The van der Waals surface area contributed by atoms with Gasteiger partial charge in [0.15, 0.2) is 10.6 Å². The molecule has 24 heavy (non-hydrogen) atoms. The summed E-state index contributed by atoms with van der Waals surface area (Å²) < 4.78 is 2.12. The third kappa shape index (κ3) is 3.75. The summed E-state index contributed by atoms with van der Waals surface area (Å²) >= 11 is 12.8. The molecule has 2 heterocycles. The summed E-state index contributed by atoms with van der Waals surface area (Å²) in [5.41, 5.74) is 0.949. The third-order valence-corrected chi connectivity index (χ3v) is 4.94. The first-order valence-corrected chi connectivity index (χ1v) is 8.95. The number of halogens is 1. The minimum absolute atomic E-state index is 0.105. The van der Waals surface area contributed by atoms with E-state index in [4.69, 9.17) is 23.8 Å². The fraction of sp³-hybridized carbons (Fsp3) is 0.188. The lowest BCUT2D eigenvalue weighted by atomic mass is 10.1. The molecule has 124 valence electrons. The first-order valence-electron chi connectivity index (χ1n) is 7.28. The SMILES string of the molecule is C[C@@H](NC(=O)Cn1c(-c2cccs2)n[nH]c1=S)c1cccc(Cl)c1. The molecule has 2 aromatic heterocycles. The van der Waals surface area contributed by atoms with Crippen LogP contribution in [0.1, 0.15) is 18.5 Å². The molecular formula is C16H15ClN4OS2. The van der Waals surface area contributed by atoms with Crippen LogP contribution < -0.4 is 5.32 Å². The quantitative estimate of drug-likeness (QED) is 0.654. The molecule has 3 rings (SSSR count). The Morgan fingerprint density at radius 1 is 1.46 bits per heavy atom. The normalized spacial score (nSPS) is 12.1. The van der Waals surface area contributed by atoms with E-state index in [1.807, 2.05) is 42.6 Å². The van der Waals surface area contributed by atoms with Crippen molar-refractivity contribution in [1.29, 1.82) is 0 Å². The van der Waals surface area contributed by atoms with Crippen LogP contribution in [0.5, 0.6) is 0 Å². The molecule has 8 heteroatoms. The van der Waals surface area contributed by atoms with Gasteiger partial charge in [0.25, 0.3) is 0 Å². The van der Waals surface area contributed by atoms with Crippen LogP contribution in [0.25, 0.3) is 10.7 Å². The molecule has 0 unspecified atom stereocenters. The minimum atomic E-state index is -0.150. The van der Waals surface area contributed by atoms with E-state index in [1.165, 1.54) is 0 Å². The van der Waals surface area contributed by atoms with Gasteiger partial charge in [-0.05, 0) is 48.3 Å². The Bertz CT molecular complexity index is 901. The lowest BCUT2D eigenvalue weighted by Crippen LogP contribution is -2.30. The van der Waals surface area contributed by atoms with Crippen LogP contribution in [-0.2, 0) is 11.3 Å². The molecule has 0 aliphatic rings. The number of carbonyl (C=O) groups excluding carboxylic acids is 1. The highest BCUT2D eigenvalue weighted by Crippen LogP contribution is 2.23. The third-order valence-electron chi connectivity index (χ3n) is 3.53. The van der Waals surface area contributed by atoms with E-state index >= 15 is 0 Å². The number of nitrogens with one attached hydrogen (secondary N) is 2. The summed E-state index contributed by atoms with van der Waals surface area (Å²) in [7, 11) is 0. The molecule has 0 radical (unpaired) electrons. The van der Waals surface area contributed by atoms with Crippen LogP contribution in [-0.4, -0.2) is 20.7 Å². The van der Waals surface area contributed by atoms with Crippen molar-refractivity contribution in [2.75, 3.05) is 0 Å². The van der Waals surface area contributed by atoms with Gasteiger partial charge in [0.1, 0.15) is 6.54 Å². The van der Waals surface area contributed by atoms with E-state index in [9.17, 15) is 4.79 Å². The first-order chi connectivity index (χ1) is 11.5. The minimum Gasteiger partial charge on any atom is -0.348 e. The number of thiophene rings is 1. The Kier molecular flexibility index (Phi) is 5.13. The Balaban J connectivity index is 1.74. The molecule has 0 saturated carbocycles. The standard InChI is InChI=1S/C16H15ClN4OS2/c1-10(11-4-2-5-12(17)8-11)18-14(22)9-21-15(19-20-16(21)23)13-6-3-7-24-13/h2-8,10H,9H2,1H3,(H,18,22)(H,20,23)/t10-/m1/s1. The van der Waals surface area contributed by atoms with Gasteiger partial charge in [-0.3, -0.25) is 14.5 Å². The summed E-state index contributed by atoms with van der Waals surface area (Å²) in [6.45, 7) is 2.02. The Hall–Kier alpha value is -1.96. The highest BCUT2D eigenvalue weighted by atomic mass is 35.5. The average Bonchev–Trinajstić information content (AvgIpc) is 3.18. The molecule has 5 nitrogen and oxygen atoms in total. The van der Waals surface area contributed by atoms with Crippen molar-refractivity contribution in [2.45, 2.75) is 19.5 Å². The molecular weight excluding hydrogens is 364 g/mol. The van der Waals surface area contributed by atoms with Gasteiger partial charge in [-0.25, -0.2) is 0 Å². The largest absolute Gasteiger partial charge is 0.348 e. The molecule has 0 saturated heterocycles. The van der Waals surface area contributed by atoms with Gasteiger partial charge in [0.2, 0.25) is 5.91 Å². The smallest absolute Gasteiger partial charge is 0.240 e. The zero-order chi connectivity index (χ0) is 17.1. The summed E-state index contributed by atoms with van der Waals surface area (Å²) in [5, 5.41) is 12.5. The van der Waals surface area contributed by atoms with Gasteiger partial charge in [-0.15, -0.1) is 11.3 Å². The van der Waals surface area contributed by atoms with E-state index in [-0.39, 0.29) is 18.5 Å². The van der Waals surface area contributed by atoms with Crippen LogP contribution in [0.4, 0.5) is 0 Å². The number of aromatic nitrogens is 3. The van der Waals surface area contributed by atoms with Gasteiger partial charge in [-0.1, -0.05) is 29.8 Å². The predicted molar refractivity (Wildman–Crippen MR) is 98.7 cm³/mol. The van der Waals surface area contributed by atoms with Crippen molar-refractivity contribution in [3.63, 3.8) is 0 Å². The first kappa shape index (κ1) is 16.9. The highest BCUT2D eigenvalue weighted by molar-refractivity contribution is 7.71. The molecule has 2 N–H and O–H groups in total. The van der Waals surface area contributed by atoms with Gasteiger partial charge in [-0.2, -0.15) is 5.10 Å². The number of rotatable bonds is 5. The van der Waals surface area contributed by atoms with Crippen molar-refractivity contribution >= 4 is 41.1 Å². The Labute approximate surface area is 153 Å². The maximum absolute atomic E-state index is 12.4. The van der Waals surface area contributed by atoms with Gasteiger partial charge in [0.05, 0.1) is 10.9 Å². The average molecular weight is 379 g/mol. The maximum atomic E-state index is 12.4. The number of aromatic amines is 1. The van der Waals surface area contributed by atoms with Crippen LogP contribution in [0, 0.1) is 4.77 Å². The van der Waals surface area contributed by atoms with E-state index in [0.29, 0.717) is 15.6 Å². The van der Waals surface area contributed by atoms with Crippen LogP contribution >= 0.6 is 35.2 Å². The monoisotopic (exact) mass is 378 g/mol. The lowest BCUT2D eigenvalue weighted by molar-refractivity contribution is -0.122. The lowest BCUT2D eigenvalue weighted by Gasteiger charge is -2.15. The topological polar surface area (TPSA) is 62.7 Å². The fourth-order valence-electron chi connectivity index (χ4n) is 2.35. The number of amides is 1. The predicted octanol–water partition coefficient (Wildman–Crippen LogP) is 4.20. The molecule has 1 aromatic carbocycles. The van der Waals surface area contributed by atoms with Gasteiger partial charge < -0.3 is 5.32 Å². The summed E-state index contributed by atoms with van der Waals surface area (Å²) in [6, 6.07) is 11.2. The van der Waals surface area contributed by atoms with Crippen molar-refractivity contribution in [3.05, 3.63) is 57.1 Å². The van der Waals surface area contributed by atoms with Crippen molar-refractivity contribution in [1.82, 2.24) is 20.1 Å². The highest BCUT2D eigenvalue weighted by Gasteiger charge is 2.15. The zero-order valence-electron chi connectivity index (χ0n) is 12.8. The second-order valence-corrected chi connectivity index (χ2v) is 7.03. The maximum Gasteiger partial charge on any atom is 0.240 e. The van der Waals surface area contributed by atoms with Crippen molar-refractivity contribution in [3.8, 4) is 10.7 Å². The van der Waals surface area contributed by atoms with E-state index in [2.05, 4.69) is 15.5 Å². The van der Waals surface area contributed by atoms with Gasteiger partial charge >= 0.3 is 0 Å². The molecule has 0 aliphatic carbocycles. The van der Waals surface area contributed by atoms with E-state index in [0.717, 1.165) is 10.4 Å². The fourth-order valence-corrected chi connectivity index (χ4v) is 3.47. The summed E-state index contributed by atoms with van der Waals surface area (Å²) in [4.78, 5) is 13.4.